The second-order valence-corrected chi connectivity index (χ2v) is 4.92. The zero-order valence-electron chi connectivity index (χ0n) is 11.7. The van der Waals surface area contributed by atoms with Crippen LogP contribution in [0.3, 0.4) is 0 Å². The van der Waals surface area contributed by atoms with Crippen LogP contribution in [-0.2, 0) is 11.3 Å². The maximum absolute atomic E-state index is 5.49. The van der Waals surface area contributed by atoms with Gasteiger partial charge in [0, 0.05) is 19.3 Å². The first-order chi connectivity index (χ1) is 9.28. The smallest absolute Gasteiger partial charge is 0.136 e. The quantitative estimate of drug-likeness (QED) is 0.719. The van der Waals surface area contributed by atoms with Crippen LogP contribution in [0.15, 0.2) is 59.3 Å². The first-order valence-electron chi connectivity index (χ1n) is 6.83. The minimum Gasteiger partial charge on any atom is -0.392 e. The van der Waals surface area contributed by atoms with Gasteiger partial charge in [-0.25, -0.2) is 0 Å². The Morgan fingerprint density at radius 2 is 2.16 bits per heavy atom. The molecule has 0 amide bonds. The van der Waals surface area contributed by atoms with Crippen molar-refractivity contribution in [3.8, 4) is 0 Å². The number of hydrogen-bond donors (Lipinski definition) is 0. The number of nitrogens with zero attached hydrogens (tertiary/aromatic N) is 1. The molecule has 1 aliphatic heterocycles. The molecule has 0 fully saturated rings. The summed E-state index contributed by atoms with van der Waals surface area (Å²) in [4.78, 5) is 5.49. The van der Waals surface area contributed by atoms with Gasteiger partial charge in [-0.15, -0.1) is 0 Å². The van der Waals surface area contributed by atoms with Crippen molar-refractivity contribution in [3.63, 3.8) is 0 Å². The second-order valence-electron chi connectivity index (χ2n) is 4.92. The molecular formula is C17H21NO. The second kappa shape index (κ2) is 6.93. The first-order valence-corrected chi connectivity index (χ1v) is 6.83. The maximum Gasteiger partial charge on any atom is 0.136 e. The normalized spacial score (nSPS) is 19.6. The van der Waals surface area contributed by atoms with Gasteiger partial charge in [0.05, 0.1) is 5.71 Å². The van der Waals surface area contributed by atoms with E-state index < -0.39 is 0 Å². The van der Waals surface area contributed by atoms with Gasteiger partial charge in [-0.2, -0.15) is 0 Å². The Balaban J connectivity index is 1.78. The molecule has 0 saturated heterocycles. The van der Waals surface area contributed by atoms with Gasteiger partial charge in [0.1, 0.15) is 6.10 Å². The molecule has 0 aliphatic carbocycles. The highest BCUT2D eigenvalue weighted by Crippen LogP contribution is 2.17. The van der Waals surface area contributed by atoms with Crippen molar-refractivity contribution in [2.24, 2.45) is 5.16 Å². The zero-order chi connectivity index (χ0) is 13.5. The van der Waals surface area contributed by atoms with Gasteiger partial charge in [-0.1, -0.05) is 59.3 Å². The third kappa shape index (κ3) is 4.40. The Bertz CT molecular complexity index is 485. The van der Waals surface area contributed by atoms with E-state index in [0.29, 0.717) is 0 Å². The number of rotatable bonds is 5. The van der Waals surface area contributed by atoms with E-state index in [4.69, 9.17) is 4.84 Å². The van der Waals surface area contributed by atoms with Crippen molar-refractivity contribution in [2.45, 2.75) is 39.2 Å². The lowest BCUT2D eigenvalue weighted by Gasteiger charge is -2.07. The van der Waals surface area contributed by atoms with Crippen molar-refractivity contribution in [1.82, 2.24) is 0 Å². The highest BCUT2D eigenvalue weighted by atomic mass is 16.6. The van der Waals surface area contributed by atoms with Crippen molar-refractivity contribution in [2.75, 3.05) is 0 Å². The van der Waals surface area contributed by atoms with Gasteiger partial charge in [0.25, 0.3) is 0 Å². The zero-order valence-corrected chi connectivity index (χ0v) is 11.7. The SMILES string of the molecule is C/C=C(C)/C=C/CC1=NOC(Cc2ccccc2)C1. The molecule has 100 valence electrons. The summed E-state index contributed by atoms with van der Waals surface area (Å²) >= 11 is 0. The molecule has 1 heterocycles. The van der Waals surface area contributed by atoms with Gasteiger partial charge in [-0.05, 0) is 19.4 Å². The van der Waals surface area contributed by atoms with E-state index in [1.807, 2.05) is 13.0 Å². The van der Waals surface area contributed by atoms with Crippen LogP contribution in [0.25, 0.3) is 0 Å². The molecule has 1 aromatic rings. The third-order valence-corrected chi connectivity index (χ3v) is 3.29. The fourth-order valence-electron chi connectivity index (χ4n) is 2.07. The van der Waals surface area contributed by atoms with E-state index in [1.165, 1.54) is 11.1 Å². The van der Waals surface area contributed by atoms with Crippen LogP contribution in [-0.4, -0.2) is 11.8 Å². The largest absolute Gasteiger partial charge is 0.392 e. The number of oxime groups is 1. The highest BCUT2D eigenvalue weighted by Gasteiger charge is 2.20. The van der Waals surface area contributed by atoms with Crippen molar-refractivity contribution >= 4 is 5.71 Å². The summed E-state index contributed by atoms with van der Waals surface area (Å²) < 4.78 is 0. The Labute approximate surface area is 115 Å². The number of benzene rings is 1. The minimum atomic E-state index is 0.202. The van der Waals surface area contributed by atoms with E-state index in [-0.39, 0.29) is 6.10 Å². The van der Waals surface area contributed by atoms with Crippen LogP contribution in [0.1, 0.15) is 32.3 Å². The Morgan fingerprint density at radius 1 is 1.37 bits per heavy atom. The third-order valence-electron chi connectivity index (χ3n) is 3.29. The lowest BCUT2D eigenvalue weighted by atomic mass is 10.0. The van der Waals surface area contributed by atoms with Gasteiger partial charge < -0.3 is 4.84 Å². The topological polar surface area (TPSA) is 21.6 Å². The number of allylic oxidation sites excluding steroid dienone is 4. The van der Waals surface area contributed by atoms with E-state index in [1.54, 1.807) is 0 Å². The van der Waals surface area contributed by atoms with Crippen LogP contribution < -0.4 is 0 Å². The average molecular weight is 255 g/mol. The van der Waals surface area contributed by atoms with Crippen molar-refractivity contribution in [3.05, 3.63) is 59.7 Å². The summed E-state index contributed by atoms with van der Waals surface area (Å²) in [5, 5.41) is 4.18. The van der Waals surface area contributed by atoms with Crippen LogP contribution in [0.4, 0.5) is 0 Å². The minimum absolute atomic E-state index is 0.202. The summed E-state index contributed by atoms with van der Waals surface area (Å²) in [5.41, 5.74) is 3.73. The first kappa shape index (κ1) is 13.6. The van der Waals surface area contributed by atoms with Crippen LogP contribution in [0, 0.1) is 0 Å². The summed E-state index contributed by atoms with van der Waals surface area (Å²) in [6, 6.07) is 10.4. The lowest BCUT2D eigenvalue weighted by Crippen LogP contribution is -2.11. The predicted molar refractivity (Wildman–Crippen MR) is 80.3 cm³/mol. The van der Waals surface area contributed by atoms with Crippen molar-refractivity contribution in [1.29, 1.82) is 0 Å². The Morgan fingerprint density at radius 3 is 2.89 bits per heavy atom. The molecule has 1 atom stereocenters. The van der Waals surface area contributed by atoms with Gasteiger partial charge in [0.2, 0.25) is 0 Å². The fraction of sp³-hybridized carbons (Fsp3) is 0.353. The molecule has 1 aromatic carbocycles. The summed E-state index contributed by atoms with van der Waals surface area (Å²) in [7, 11) is 0. The molecule has 1 aliphatic rings. The van der Waals surface area contributed by atoms with Gasteiger partial charge in [0.15, 0.2) is 0 Å². The van der Waals surface area contributed by atoms with Gasteiger partial charge in [-0.3, -0.25) is 0 Å². The summed E-state index contributed by atoms with van der Waals surface area (Å²) in [6.07, 6.45) is 9.35. The van der Waals surface area contributed by atoms with Crippen LogP contribution in [0.5, 0.6) is 0 Å². The van der Waals surface area contributed by atoms with E-state index in [2.05, 4.69) is 54.6 Å². The van der Waals surface area contributed by atoms with E-state index in [9.17, 15) is 0 Å². The van der Waals surface area contributed by atoms with Crippen LogP contribution in [0.2, 0.25) is 0 Å². The van der Waals surface area contributed by atoms with Gasteiger partial charge >= 0.3 is 0 Å². The predicted octanol–water partition coefficient (Wildman–Crippen LogP) is 4.29. The molecule has 1 unspecified atom stereocenters. The Kier molecular flexibility index (Phi) is 4.96. The monoisotopic (exact) mass is 255 g/mol. The van der Waals surface area contributed by atoms with E-state index >= 15 is 0 Å². The van der Waals surface area contributed by atoms with Crippen LogP contribution >= 0.6 is 0 Å². The molecule has 0 saturated carbocycles. The molecule has 0 radical (unpaired) electrons. The fourth-order valence-corrected chi connectivity index (χ4v) is 2.07. The molecule has 19 heavy (non-hydrogen) atoms. The highest BCUT2D eigenvalue weighted by molar-refractivity contribution is 5.86. The average Bonchev–Trinajstić information content (AvgIpc) is 2.87. The Hall–Kier alpha value is -1.83. The maximum atomic E-state index is 5.49. The summed E-state index contributed by atoms with van der Waals surface area (Å²) in [5.74, 6) is 0. The summed E-state index contributed by atoms with van der Waals surface area (Å²) in [6.45, 7) is 4.15. The number of hydrogen-bond acceptors (Lipinski definition) is 2. The molecule has 2 rings (SSSR count). The molecule has 0 N–H and O–H groups in total. The molecule has 2 nitrogen and oxygen atoms in total. The van der Waals surface area contributed by atoms with E-state index in [0.717, 1.165) is 25.0 Å². The molecule has 0 bridgehead atoms. The molecule has 2 heteroatoms. The molecule has 0 aromatic heterocycles. The standard InChI is InChI=1S/C17H21NO/c1-3-14(2)8-7-11-16-13-17(19-18-16)12-15-9-5-4-6-10-15/h3-10,17H,11-13H2,1-2H3/b8-7+,14-3+. The molecule has 0 spiro atoms. The molecular weight excluding hydrogens is 234 g/mol. The van der Waals surface area contributed by atoms with Crippen molar-refractivity contribution < 1.29 is 4.84 Å². The lowest BCUT2D eigenvalue weighted by molar-refractivity contribution is 0.0859.